The second-order valence-electron chi connectivity index (χ2n) is 4.92. The van der Waals surface area contributed by atoms with Crippen molar-refractivity contribution in [3.63, 3.8) is 0 Å². The molecule has 3 rings (SSSR count). The van der Waals surface area contributed by atoms with E-state index >= 15 is 0 Å². The van der Waals surface area contributed by atoms with Crippen molar-refractivity contribution in [1.82, 2.24) is 9.97 Å². The van der Waals surface area contributed by atoms with Gasteiger partial charge in [0.2, 0.25) is 5.43 Å². The molecule has 0 saturated carbocycles. The van der Waals surface area contributed by atoms with Crippen LogP contribution in [0.1, 0.15) is 0 Å². The van der Waals surface area contributed by atoms with Gasteiger partial charge in [-0.15, -0.1) is 0 Å². The Bertz CT molecular complexity index is 1070. The first-order valence-corrected chi connectivity index (χ1v) is 8.03. The van der Waals surface area contributed by atoms with Crippen LogP contribution in [0.15, 0.2) is 46.3 Å². The van der Waals surface area contributed by atoms with Gasteiger partial charge in [0, 0.05) is 23.2 Å². The molecule has 0 aliphatic rings. The number of aromatic amines is 1. The van der Waals surface area contributed by atoms with Crippen LogP contribution in [0.2, 0.25) is 0 Å². The van der Waals surface area contributed by atoms with Crippen molar-refractivity contribution in [2.75, 3.05) is 5.75 Å². The molecule has 0 spiro atoms. The predicted octanol–water partition coefficient (Wildman–Crippen LogP) is 2.41. The summed E-state index contributed by atoms with van der Waals surface area (Å²) in [5.74, 6) is -2.08. The Hall–Kier alpha value is -2.42. The van der Waals surface area contributed by atoms with Crippen molar-refractivity contribution in [2.45, 2.75) is 11.1 Å². The predicted molar refractivity (Wildman–Crippen MR) is 78.0 cm³/mol. The van der Waals surface area contributed by atoms with E-state index < -0.39 is 32.1 Å². The number of hydrogen-bond acceptors (Lipinski definition) is 4. The molecule has 23 heavy (non-hydrogen) atoms. The molecule has 0 bridgehead atoms. The maximum Gasteiger partial charge on any atom is 0.403 e. The van der Waals surface area contributed by atoms with Gasteiger partial charge in [-0.2, -0.15) is 13.2 Å². The van der Waals surface area contributed by atoms with Gasteiger partial charge in [0.1, 0.15) is 4.90 Å². The topological polar surface area (TPSA) is 79.9 Å². The van der Waals surface area contributed by atoms with Crippen molar-refractivity contribution < 1.29 is 21.6 Å². The van der Waals surface area contributed by atoms with Crippen LogP contribution in [0.4, 0.5) is 13.2 Å². The van der Waals surface area contributed by atoms with E-state index in [4.69, 9.17) is 0 Å². The number of halogens is 3. The van der Waals surface area contributed by atoms with Gasteiger partial charge in [-0.25, -0.2) is 8.42 Å². The summed E-state index contributed by atoms with van der Waals surface area (Å²) >= 11 is 0. The largest absolute Gasteiger partial charge is 0.403 e. The smallest absolute Gasteiger partial charge is 0.358 e. The van der Waals surface area contributed by atoms with Gasteiger partial charge in [-0.1, -0.05) is 12.1 Å². The van der Waals surface area contributed by atoms with Gasteiger partial charge in [0.15, 0.2) is 15.6 Å². The van der Waals surface area contributed by atoms with Crippen molar-refractivity contribution >= 4 is 31.6 Å². The molecule has 0 atom stereocenters. The number of nitrogens with zero attached hydrogens (tertiary/aromatic N) is 1. The molecule has 1 N–H and O–H groups in total. The van der Waals surface area contributed by atoms with E-state index in [9.17, 15) is 26.4 Å². The number of benzene rings is 1. The summed E-state index contributed by atoms with van der Waals surface area (Å²) in [5.41, 5.74) is -0.267. The lowest BCUT2D eigenvalue weighted by Gasteiger charge is -2.09. The van der Waals surface area contributed by atoms with Crippen LogP contribution in [-0.2, 0) is 9.84 Å². The fourth-order valence-electron chi connectivity index (χ4n) is 2.34. The first-order chi connectivity index (χ1) is 10.7. The Morgan fingerprint density at radius 2 is 1.91 bits per heavy atom. The number of alkyl halides is 3. The minimum Gasteiger partial charge on any atom is -0.358 e. The third-order valence-electron chi connectivity index (χ3n) is 3.28. The highest BCUT2D eigenvalue weighted by molar-refractivity contribution is 7.91. The van der Waals surface area contributed by atoms with E-state index in [1.165, 1.54) is 12.3 Å². The molecular weight excluding hydrogens is 333 g/mol. The molecule has 1 aromatic carbocycles. The van der Waals surface area contributed by atoms with Crippen LogP contribution >= 0.6 is 0 Å². The zero-order chi connectivity index (χ0) is 16.8. The van der Waals surface area contributed by atoms with Gasteiger partial charge in [0.25, 0.3) is 0 Å². The molecule has 0 unspecified atom stereocenters. The Morgan fingerprint density at radius 1 is 1.17 bits per heavy atom. The van der Waals surface area contributed by atoms with Gasteiger partial charge < -0.3 is 4.98 Å². The van der Waals surface area contributed by atoms with Crippen molar-refractivity contribution in [3.05, 3.63) is 46.9 Å². The Balaban J connectivity index is 2.29. The molecule has 0 aliphatic carbocycles. The third-order valence-corrected chi connectivity index (χ3v) is 4.96. The highest BCUT2D eigenvalue weighted by atomic mass is 32.2. The van der Waals surface area contributed by atoms with Crippen molar-refractivity contribution in [3.8, 4) is 0 Å². The summed E-state index contributed by atoms with van der Waals surface area (Å²) in [6, 6.07) is 6.35. The second kappa shape index (κ2) is 5.05. The minimum absolute atomic E-state index is 0.0283. The van der Waals surface area contributed by atoms with Crippen LogP contribution in [-0.4, -0.2) is 30.3 Å². The maximum atomic E-state index is 12.4. The standard InChI is InChI=1S/C14H9F3N2O3S/c15-14(16,17)7-23(21,22)10-6-19-12-9(13(10)20)4-3-8-2-1-5-18-11(8)12/h1-6H,7H2,(H,19,20). The lowest BCUT2D eigenvalue weighted by atomic mass is 10.1. The molecule has 0 saturated heterocycles. The summed E-state index contributed by atoms with van der Waals surface area (Å²) < 4.78 is 60.8. The summed E-state index contributed by atoms with van der Waals surface area (Å²) in [6.07, 6.45) is -2.64. The highest BCUT2D eigenvalue weighted by Crippen LogP contribution is 2.23. The fraction of sp³-hybridized carbons (Fsp3) is 0.143. The molecule has 2 heterocycles. The average molecular weight is 342 g/mol. The number of hydrogen-bond donors (Lipinski definition) is 1. The number of rotatable bonds is 2. The number of nitrogens with one attached hydrogen (secondary N) is 1. The minimum atomic E-state index is -4.93. The van der Waals surface area contributed by atoms with Gasteiger partial charge >= 0.3 is 6.18 Å². The van der Waals surface area contributed by atoms with E-state index in [-0.39, 0.29) is 10.9 Å². The summed E-state index contributed by atoms with van der Waals surface area (Å²) in [6.45, 7) is 0. The molecule has 120 valence electrons. The summed E-state index contributed by atoms with van der Waals surface area (Å²) in [7, 11) is -4.78. The van der Waals surface area contributed by atoms with Crippen molar-refractivity contribution in [2.24, 2.45) is 0 Å². The van der Waals surface area contributed by atoms with E-state index in [1.54, 1.807) is 18.2 Å². The van der Waals surface area contributed by atoms with Crippen LogP contribution in [0.3, 0.4) is 0 Å². The van der Waals surface area contributed by atoms with E-state index in [1.807, 2.05) is 0 Å². The number of aromatic nitrogens is 2. The van der Waals surface area contributed by atoms with Gasteiger partial charge in [0.05, 0.1) is 11.0 Å². The molecule has 5 nitrogen and oxygen atoms in total. The lowest BCUT2D eigenvalue weighted by molar-refractivity contribution is -0.106. The second-order valence-corrected chi connectivity index (χ2v) is 6.88. The molecule has 9 heteroatoms. The maximum absolute atomic E-state index is 12.4. The lowest BCUT2D eigenvalue weighted by Crippen LogP contribution is -2.27. The molecular formula is C14H9F3N2O3S. The van der Waals surface area contributed by atoms with Gasteiger partial charge in [-0.05, 0) is 12.1 Å². The normalized spacial score (nSPS) is 12.8. The molecule has 3 aromatic rings. The van der Waals surface area contributed by atoms with E-state index in [0.29, 0.717) is 10.9 Å². The van der Waals surface area contributed by atoms with E-state index in [0.717, 1.165) is 6.20 Å². The Morgan fingerprint density at radius 3 is 2.61 bits per heavy atom. The quantitative estimate of drug-likeness (QED) is 0.725. The van der Waals surface area contributed by atoms with Crippen LogP contribution < -0.4 is 5.43 Å². The first kappa shape index (κ1) is 15.5. The first-order valence-electron chi connectivity index (χ1n) is 6.38. The van der Waals surface area contributed by atoms with E-state index in [2.05, 4.69) is 9.97 Å². The molecule has 0 fully saturated rings. The number of H-pyrrole nitrogens is 1. The van der Waals surface area contributed by atoms with Crippen LogP contribution in [0, 0.1) is 0 Å². The number of pyridine rings is 2. The molecule has 0 aliphatic heterocycles. The summed E-state index contributed by atoms with van der Waals surface area (Å²) in [5, 5.41) is 0.681. The molecule has 0 radical (unpaired) electrons. The average Bonchev–Trinajstić information content (AvgIpc) is 2.44. The number of fused-ring (bicyclic) bond motifs is 3. The van der Waals surface area contributed by atoms with Crippen molar-refractivity contribution in [1.29, 1.82) is 0 Å². The Labute approximate surface area is 127 Å². The zero-order valence-corrected chi connectivity index (χ0v) is 12.2. The summed E-state index contributed by atoms with van der Waals surface area (Å²) in [4.78, 5) is 18.1. The Kier molecular flexibility index (Phi) is 3.40. The third kappa shape index (κ3) is 2.79. The monoisotopic (exact) mass is 342 g/mol. The SMILES string of the molecule is O=c1c(S(=O)(=O)CC(F)(F)F)c[nH]c2c1ccc1cccnc12. The van der Waals surface area contributed by atoms with Crippen LogP contribution in [0.5, 0.6) is 0 Å². The highest BCUT2D eigenvalue weighted by Gasteiger charge is 2.37. The zero-order valence-electron chi connectivity index (χ0n) is 11.4. The molecule has 0 amide bonds. The van der Waals surface area contributed by atoms with Crippen LogP contribution in [0.25, 0.3) is 21.8 Å². The fourth-order valence-corrected chi connectivity index (χ4v) is 3.56. The molecule has 2 aromatic heterocycles. The van der Waals surface area contributed by atoms with Gasteiger partial charge in [-0.3, -0.25) is 9.78 Å². The number of sulfone groups is 1.